The number of thiophene rings is 2. The zero-order valence-corrected chi connectivity index (χ0v) is 7.59. The van der Waals surface area contributed by atoms with Crippen LogP contribution in [0.15, 0.2) is 12.1 Å². The van der Waals surface area contributed by atoms with Gasteiger partial charge >= 0.3 is 0 Å². The van der Waals surface area contributed by atoms with Gasteiger partial charge in [-0.3, -0.25) is 4.79 Å². The average molecular weight is 182 g/mol. The summed E-state index contributed by atoms with van der Waals surface area (Å²) in [5.74, 6) is 0. The molecule has 2 rings (SSSR count). The van der Waals surface area contributed by atoms with Gasteiger partial charge in [-0.1, -0.05) is 0 Å². The lowest BCUT2D eigenvalue weighted by Gasteiger charge is -1.74. The first-order chi connectivity index (χ1) is 5.29. The Hall–Kier alpha value is -0.670. The van der Waals surface area contributed by atoms with Gasteiger partial charge in [0.25, 0.3) is 0 Å². The van der Waals surface area contributed by atoms with E-state index in [-0.39, 0.29) is 0 Å². The summed E-state index contributed by atoms with van der Waals surface area (Å²) in [7, 11) is 0. The number of hydrogen-bond acceptors (Lipinski definition) is 3. The van der Waals surface area contributed by atoms with Gasteiger partial charge in [0, 0.05) is 10.3 Å². The van der Waals surface area contributed by atoms with Crippen LogP contribution in [0.1, 0.15) is 14.5 Å². The van der Waals surface area contributed by atoms with Gasteiger partial charge in [-0.2, -0.15) is 0 Å². The van der Waals surface area contributed by atoms with Gasteiger partial charge in [0.15, 0.2) is 6.29 Å². The van der Waals surface area contributed by atoms with Gasteiger partial charge in [0.1, 0.15) is 0 Å². The Morgan fingerprint density at radius 1 is 1.36 bits per heavy atom. The van der Waals surface area contributed by atoms with Crippen molar-refractivity contribution in [1.29, 1.82) is 0 Å². The molecule has 0 aliphatic heterocycles. The molecule has 0 aromatic carbocycles. The van der Waals surface area contributed by atoms with E-state index in [0.29, 0.717) is 0 Å². The molecule has 0 saturated heterocycles. The highest BCUT2D eigenvalue weighted by Gasteiger charge is 2.02. The van der Waals surface area contributed by atoms with Crippen molar-refractivity contribution < 1.29 is 4.79 Å². The molecule has 56 valence electrons. The molecule has 0 N–H and O–H groups in total. The van der Waals surface area contributed by atoms with Crippen LogP contribution < -0.4 is 0 Å². The van der Waals surface area contributed by atoms with Crippen molar-refractivity contribution in [3.8, 4) is 0 Å². The molecule has 2 aromatic rings. The zero-order valence-electron chi connectivity index (χ0n) is 5.96. The molecular weight excluding hydrogens is 176 g/mol. The minimum absolute atomic E-state index is 0.825. The van der Waals surface area contributed by atoms with Gasteiger partial charge in [-0.25, -0.2) is 0 Å². The molecule has 0 fully saturated rings. The first-order valence-corrected chi connectivity index (χ1v) is 4.88. The molecule has 0 aliphatic carbocycles. The second-order valence-corrected chi connectivity index (χ2v) is 4.96. The predicted molar refractivity (Wildman–Crippen MR) is 49.8 cm³/mol. The molecule has 2 aromatic heterocycles. The highest BCUT2D eigenvalue weighted by Crippen LogP contribution is 2.32. The van der Waals surface area contributed by atoms with Crippen molar-refractivity contribution in [3.05, 3.63) is 21.9 Å². The standard InChI is InChI=1S/C8H6OS2/c1-5-2-6-3-7(4-9)11-8(6)10-5/h2-4H,1H3. The maximum Gasteiger partial charge on any atom is 0.160 e. The fourth-order valence-electron chi connectivity index (χ4n) is 1.04. The van der Waals surface area contributed by atoms with Crippen molar-refractivity contribution in [2.45, 2.75) is 6.92 Å². The molecule has 1 nitrogen and oxygen atoms in total. The summed E-state index contributed by atoms with van der Waals surface area (Å²) < 4.78 is 1.25. The monoisotopic (exact) mass is 182 g/mol. The van der Waals surface area contributed by atoms with Crippen LogP contribution in [0.2, 0.25) is 0 Å². The van der Waals surface area contributed by atoms with E-state index in [1.54, 1.807) is 22.7 Å². The van der Waals surface area contributed by atoms with E-state index in [1.807, 2.05) is 6.07 Å². The van der Waals surface area contributed by atoms with Crippen LogP contribution >= 0.6 is 22.7 Å². The van der Waals surface area contributed by atoms with Crippen LogP contribution in [0.3, 0.4) is 0 Å². The Bertz CT molecular complexity index is 366. The van der Waals surface area contributed by atoms with Crippen molar-refractivity contribution >= 4 is 38.4 Å². The summed E-state index contributed by atoms with van der Waals surface area (Å²) in [6, 6.07) is 4.06. The van der Waals surface area contributed by atoms with Gasteiger partial charge in [0.2, 0.25) is 0 Å². The number of fused-ring (bicyclic) bond motifs is 1. The van der Waals surface area contributed by atoms with E-state index in [4.69, 9.17) is 0 Å². The fourth-order valence-corrected chi connectivity index (χ4v) is 3.29. The molecule has 0 atom stereocenters. The van der Waals surface area contributed by atoms with Crippen molar-refractivity contribution in [3.63, 3.8) is 0 Å². The maximum absolute atomic E-state index is 10.4. The summed E-state index contributed by atoms with van der Waals surface area (Å²) in [6.45, 7) is 2.08. The predicted octanol–water partition coefficient (Wildman–Crippen LogP) is 3.08. The number of hydrogen-bond donors (Lipinski definition) is 0. The van der Waals surface area contributed by atoms with E-state index in [1.165, 1.54) is 14.3 Å². The minimum Gasteiger partial charge on any atom is -0.297 e. The normalized spacial score (nSPS) is 10.6. The molecule has 0 saturated carbocycles. The van der Waals surface area contributed by atoms with Gasteiger partial charge in [-0.15, -0.1) is 22.7 Å². The SMILES string of the molecule is Cc1cc2cc(C=O)sc2s1. The van der Waals surface area contributed by atoms with Gasteiger partial charge in [0.05, 0.1) is 8.89 Å². The van der Waals surface area contributed by atoms with E-state index >= 15 is 0 Å². The van der Waals surface area contributed by atoms with E-state index < -0.39 is 0 Å². The van der Waals surface area contributed by atoms with Gasteiger partial charge < -0.3 is 0 Å². The molecule has 0 aliphatic rings. The summed E-state index contributed by atoms with van der Waals surface area (Å²) in [5.41, 5.74) is 0. The molecule has 0 bridgehead atoms. The highest BCUT2D eigenvalue weighted by atomic mass is 32.2. The first kappa shape index (κ1) is 7.00. The number of rotatable bonds is 1. The van der Waals surface area contributed by atoms with E-state index in [2.05, 4.69) is 13.0 Å². The third-order valence-corrected chi connectivity index (χ3v) is 3.70. The number of aryl methyl sites for hydroxylation is 1. The zero-order chi connectivity index (χ0) is 7.84. The largest absolute Gasteiger partial charge is 0.297 e. The lowest BCUT2D eigenvalue weighted by Crippen LogP contribution is -1.63. The Labute approximate surface area is 72.3 Å². The van der Waals surface area contributed by atoms with Gasteiger partial charge in [-0.05, 0) is 19.1 Å². The molecule has 0 amide bonds. The molecule has 11 heavy (non-hydrogen) atoms. The lowest BCUT2D eigenvalue weighted by atomic mass is 10.3. The van der Waals surface area contributed by atoms with Crippen LogP contribution in [-0.2, 0) is 0 Å². The molecule has 3 heteroatoms. The van der Waals surface area contributed by atoms with Crippen LogP contribution in [0.25, 0.3) is 9.40 Å². The quantitative estimate of drug-likeness (QED) is 0.619. The minimum atomic E-state index is 0.825. The Kier molecular flexibility index (Phi) is 1.55. The van der Waals surface area contributed by atoms with Crippen molar-refractivity contribution in [2.24, 2.45) is 0 Å². The summed E-state index contributed by atoms with van der Waals surface area (Å²) in [5, 5.41) is 1.21. The molecule has 0 radical (unpaired) electrons. The Balaban J connectivity index is 2.72. The smallest absolute Gasteiger partial charge is 0.160 e. The fraction of sp³-hybridized carbons (Fsp3) is 0.125. The Morgan fingerprint density at radius 3 is 2.82 bits per heavy atom. The Morgan fingerprint density at radius 2 is 2.18 bits per heavy atom. The summed E-state index contributed by atoms with van der Waals surface area (Å²) >= 11 is 3.32. The lowest BCUT2D eigenvalue weighted by molar-refractivity contribution is 0.112. The molecular formula is C8H6OS2. The third kappa shape index (κ3) is 1.10. The van der Waals surface area contributed by atoms with E-state index in [0.717, 1.165) is 11.2 Å². The van der Waals surface area contributed by atoms with Crippen LogP contribution in [0.5, 0.6) is 0 Å². The maximum atomic E-state index is 10.4. The second-order valence-electron chi connectivity index (χ2n) is 2.37. The van der Waals surface area contributed by atoms with Crippen LogP contribution in [-0.4, -0.2) is 6.29 Å². The second kappa shape index (κ2) is 2.43. The summed E-state index contributed by atoms with van der Waals surface area (Å²) in [6.07, 6.45) is 0.909. The highest BCUT2D eigenvalue weighted by molar-refractivity contribution is 7.38. The molecule has 0 unspecified atom stereocenters. The van der Waals surface area contributed by atoms with Crippen molar-refractivity contribution in [2.75, 3.05) is 0 Å². The molecule has 2 heterocycles. The molecule has 0 spiro atoms. The number of carbonyl (C=O) groups excluding carboxylic acids is 1. The topological polar surface area (TPSA) is 17.1 Å². The van der Waals surface area contributed by atoms with E-state index in [9.17, 15) is 4.79 Å². The van der Waals surface area contributed by atoms with Crippen LogP contribution in [0.4, 0.5) is 0 Å². The first-order valence-electron chi connectivity index (χ1n) is 3.25. The third-order valence-electron chi connectivity index (χ3n) is 1.47. The average Bonchev–Trinajstić information content (AvgIpc) is 2.43. The number of carbonyl (C=O) groups is 1. The number of aldehydes is 1. The van der Waals surface area contributed by atoms with Crippen LogP contribution in [0, 0.1) is 6.92 Å². The summed E-state index contributed by atoms with van der Waals surface area (Å²) in [4.78, 5) is 12.5. The van der Waals surface area contributed by atoms with Crippen molar-refractivity contribution in [1.82, 2.24) is 0 Å².